The molecule has 34 heavy (non-hydrogen) atoms. The number of H-pyrrole nitrogens is 1. The highest BCUT2D eigenvalue weighted by Crippen LogP contribution is 2.32. The maximum atomic E-state index is 5.64. The molecular weight excluding hydrogens is 424 g/mol. The van der Waals surface area contributed by atoms with Crippen LogP contribution in [0.1, 0.15) is 11.1 Å². The number of nitrogens with one attached hydrogen (secondary N) is 3. The molecule has 0 saturated heterocycles. The third-order valence-corrected chi connectivity index (χ3v) is 6.26. The summed E-state index contributed by atoms with van der Waals surface area (Å²) >= 11 is 0. The average molecular weight is 449 g/mol. The van der Waals surface area contributed by atoms with Gasteiger partial charge >= 0.3 is 0 Å². The minimum atomic E-state index is 0.541. The molecule has 5 aromatic rings. The molecule has 2 aromatic heterocycles. The van der Waals surface area contributed by atoms with Crippen molar-refractivity contribution in [1.82, 2.24) is 25.5 Å². The van der Waals surface area contributed by atoms with Crippen LogP contribution in [0, 0.1) is 0 Å². The molecular formula is C27H24N6O. The highest BCUT2D eigenvalue weighted by molar-refractivity contribution is 5.85. The molecule has 3 heterocycles. The lowest BCUT2D eigenvalue weighted by Crippen LogP contribution is -2.23. The predicted octanol–water partition coefficient (Wildman–Crippen LogP) is 5.08. The van der Waals surface area contributed by atoms with E-state index < -0.39 is 0 Å². The number of benzene rings is 3. The number of methoxy groups -OCH3 is 1. The first-order valence-corrected chi connectivity index (χ1v) is 11.3. The minimum Gasteiger partial charge on any atom is -0.495 e. The summed E-state index contributed by atoms with van der Waals surface area (Å²) in [7, 11) is 1.69. The maximum absolute atomic E-state index is 5.64. The number of fused-ring (bicyclic) bond motifs is 2. The minimum absolute atomic E-state index is 0.541. The van der Waals surface area contributed by atoms with Gasteiger partial charge in [-0.15, -0.1) is 0 Å². The number of aromatic nitrogens is 4. The summed E-state index contributed by atoms with van der Waals surface area (Å²) in [5.41, 5.74) is 8.74. The normalized spacial score (nSPS) is 13.0. The van der Waals surface area contributed by atoms with Crippen LogP contribution in [-0.2, 0) is 13.0 Å². The van der Waals surface area contributed by atoms with Gasteiger partial charge in [-0.25, -0.2) is 9.97 Å². The maximum Gasteiger partial charge on any atom is 0.227 e. The zero-order chi connectivity index (χ0) is 22.9. The lowest BCUT2D eigenvalue weighted by molar-refractivity contribution is 0.415. The standard InChI is InChI=1S/C27H24N6O/c1-34-26-12-20-7-8-28-13-22(20)11-25(26)33-27-29-14-21-6-5-19(10-24(21)32-27)17-3-2-4-18(9-17)23-15-30-31-16-23/h2-6,9-12,14-16,28H,7-8,13H2,1H3,(H,30,31)(H,29,32,33). The third kappa shape index (κ3) is 3.86. The van der Waals surface area contributed by atoms with Crippen LogP contribution in [-0.4, -0.2) is 33.8 Å². The van der Waals surface area contributed by atoms with E-state index in [9.17, 15) is 0 Å². The van der Waals surface area contributed by atoms with E-state index in [4.69, 9.17) is 9.72 Å². The van der Waals surface area contributed by atoms with E-state index in [1.807, 2.05) is 18.6 Å². The molecule has 0 bridgehead atoms. The van der Waals surface area contributed by atoms with Gasteiger partial charge in [-0.2, -0.15) is 5.10 Å². The Bertz CT molecular complexity index is 1480. The van der Waals surface area contributed by atoms with Crippen LogP contribution < -0.4 is 15.4 Å². The van der Waals surface area contributed by atoms with Crippen molar-refractivity contribution < 1.29 is 4.74 Å². The highest BCUT2D eigenvalue weighted by Gasteiger charge is 2.15. The predicted molar refractivity (Wildman–Crippen MR) is 134 cm³/mol. The number of hydrogen-bond donors (Lipinski definition) is 3. The topological polar surface area (TPSA) is 87.8 Å². The number of rotatable bonds is 5. The largest absolute Gasteiger partial charge is 0.495 e. The number of hydrogen-bond acceptors (Lipinski definition) is 6. The van der Waals surface area contributed by atoms with Crippen molar-refractivity contribution in [1.29, 1.82) is 0 Å². The van der Waals surface area contributed by atoms with E-state index >= 15 is 0 Å². The number of nitrogens with zero attached hydrogens (tertiary/aromatic N) is 3. The molecule has 0 saturated carbocycles. The molecule has 1 aliphatic heterocycles. The number of ether oxygens (including phenoxy) is 1. The fraction of sp³-hybridized carbons (Fsp3) is 0.148. The van der Waals surface area contributed by atoms with Crippen LogP contribution in [0.3, 0.4) is 0 Å². The Balaban J connectivity index is 1.34. The van der Waals surface area contributed by atoms with Crippen molar-refractivity contribution >= 4 is 22.5 Å². The van der Waals surface area contributed by atoms with E-state index in [0.717, 1.165) is 64.1 Å². The van der Waals surface area contributed by atoms with E-state index in [0.29, 0.717) is 5.95 Å². The molecule has 3 aromatic carbocycles. The van der Waals surface area contributed by atoms with Gasteiger partial charge in [0.2, 0.25) is 5.95 Å². The van der Waals surface area contributed by atoms with E-state index in [2.05, 4.69) is 80.4 Å². The molecule has 168 valence electrons. The SMILES string of the molecule is COc1cc2c(cc1Nc1ncc3ccc(-c4cccc(-c5cn[nH]c5)c4)cc3n1)CNCC2. The Morgan fingerprint density at radius 3 is 2.65 bits per heavy atom. The second-order valence-electron chi connectivity index (χ2n) is 8.41. The van der Waals surface area contributed by atoms with Gasteiger partial charge in [0.25, 0.3) is 0 Å². The van der Waals surface area contributed by atoms with Gasteiger partial charge in [-0.3, -0.25) is 5.10 Å². The van der Waals surface area contributed by atoms with E-state index in [1.165, 1.54) is 11.1 Å². The number of aromatic amines is 1. The Morgan fingerprint density at radius 2 is 1.79 bits per heavy atom. The Morgan fingerprint density at radius 1 is 0.912 bits per heavy atom. The van der Waals surface area contributed by atoms with Crippen LogP contribution in [0.15, 0.2) is 73.2 Å². The molecule has 7 nitrogen and oxygen atoms in total. The molecule has 0 radical (unpaired) electrons. The van der Waals surface area contributed by atoms with Crippen LogP contribution in [0.2, 0.25) is 0 Å². The van der Waals surface area contributed by atoms with Crippen molar-refractivity contribution in [2.24, 2.45) is 0 Å². The van der Waals surface area contributed by atoms with Gasteiger partial charge in [-0.1, -0.05) is 30.3 Å². The molecule has 0 spiro atoms. The molecule has 0 amide bonds. The van der Waals surface area contributed by atoms with Crippen LogP contribution in [0.4, 0.5) is 11.6 Å². The molecule has 0 unspecified atom stereocenters. The first-order valence-electron chi connectivity index (χ1n) is 11.3. The molecule has 0 aliphatic carbocycles. The molecule has 3 N–H and O–H groups in total. The van der Waals surface area contributed by atoms with Gasteiger partial charge < -0.3 is 15.4 Å². The quantitative estimate of drug-likeness (QED) is 0.347. The van der Waals surface area contributed by atoms with Gasteiger partial charge in [0.1, 0.15) is 5.75 Å². The summed E-state index contributed by atoms with van der Waals surface area (Å²) in [4.78, 5) is 9.34. The molecule has 0 atom stereocenters. The summed E-state index contributed by atoms with van der Waals surface area (Å²) < 4.78 is 5.64. The van der Waals surface area contributed by atoms with Crippen molar-refractivity contribution in [3.8, 4) is 28.0 Å². The second-order valence-corrected chi connectivity index (χ2v) is 8.41. The summed E-state index contributed by atoms with van der Waals surface area (Å²) in [6.07, 6.45) is 6.58. The second kappa shape index (κ2) is 8.61. The average Bonchev–Trinajstić information content (AvgIpc) is 3.43. The summed E-state index contributed by atoms with van der Waals surface area (Å²) in [6.45, 7) is 1.85. The highest BCUT2D eigenvalue weighted by atomic mass is 16.5. The van der Waals surface area contributed by atoms with Gasteiger partial charge in [-0.05, 0) is 65.0 Å². The Labute approximate surface area is 197 Å². The van der Waals surface area contributed by atoms with E-state index in [1.54, 1.807) is 7.11 Å². The summed E-state index contributed by atoms with van der Waals surface area (Å²) in [5.74, 6) is 1.34. The Kier molecular flexibility index (Phi) is 5.16. The molecule has 0 fully saturated rings. The van der Waals surface area contributed by atoms with Gasteiger partial charge in [0.05, 0.1) is 24.5 Å². The lowest BCUT2D eigenvalue weighted by Gasteiger charge is -2.20. The molecule has 7 heteroatoms. The van der Waals surface area contributed by atoms with Crippen LogP contribution >= 0.6 is 0 Å². The summed E-state index contributed by atoms with van der Waals surface area (Å²) in [6, 6.07) is 18.9. The third-order valence-electron chi connectivity index (χ3n) is 6.26. The fourth-order valence-electron chi connectivity index (χ4n) is 4.45. The number of anilines is 2. The zero-order valence-electron chi connectivity index (χ0n) is 18.8. The fourth-order valence-corrected chi connectivity index (χ4v) is 4.45. The molecule has 1 aliphatic rings. The first kappa shape index (κ1) is 20.4. The van der Waals surface area contributed by atoms with E-state index in [-0.39, 0.29) is 0 Å². The van der Waals surface area contributed by atoms with Crippen molar-refractivity contribution in [3.63, 3.8) is 0 Å². The summed E-state index contributed by atoms with van der Waals surface area (Å²) in [5, 5.41) is 14.7. The van der Waals surface area contributed by atoms with Crippen molar-refractivity contribution in [2.75, 3.05) is 19.0 Å². The monoisotopic (exact) mass is 448 g/mol. The lowest BCUT2D eigenvalue weighted by atomic mass is 9.99. The Hall–Kier alpha value is -4.23. The van der Waals surface area contributed by atoms with Crippen molar-refractivity contribution in [3.05, 3.63) is 84.3 Å². The molecule has 6 rings (SSSR count). The first-order chi connectivity index (χ1) is 16.8. The van der Waals surface area contributed by atoms with Crippen LogP contribution in [0.25, 0.3) is 33.2 Å². The van der Waals surface area contributed by atoms with Gasteiger partial charge in [0.15, 0.2) is 0 Å². The van der Waals surface area contributed by atoms with Crippen LogP contribution in [0.5, 0.6) is 5.75 Å². The zero-order valence-corrected chi connectivity index (χ0v) is 18.8. The smallest absolute Gasteiger partial charge is 0.227 e. The van der Waals surface area contributed by atoms with Crippen molar-refractivity contribution in [2.45, 2.75) is 13.0 Å². The van der Waals surface area contributed by atoms with Gasteiger partial charge in [0, 0.05) is 29.9 Å².